The number of hydrogen-bond acceptors (Lipinski definition) is 2. The summed E-state index contributed by atoms with van der Waals surface area (Å²) in [5, 5.41) is 19.3. The molecule has 0 unspecified atom stereocenters. The summed E-state index contributed by atoms with van der Waals surface area (Å²) in [6.07, 6.45) is 12.7. The van der Waals surface area contributed by atoms with Crippen molar-refractivity contribution in [1.82, 2.24) is 0 Å². The van der Waals surface area contributed by atoms with Gasteiger partial charge in [-0.2, -0.15) is 0 Å². The Bertz CT molecular complexity index is 533. The molecule has 0 radical (unpaired) electrons. The molecule has 2 heteroatoms. The number of allylic oxidation sites excluding steroid dienone is 4. The van der Waals surface area contributed by atoms with Crippen molar-refractivity contribution < 1.29 is 10.2 Å². The lowest BCUT2D eigenvalue weighted by Crippen LogP contribution is -2.15. The average Bonchev–Trinajstić information content (AvgIpc) is 2.44. The second-order valence-electron chi connectivity index (χ2n) is 8.21. The van der Waals surface area contributed by atoms with Crippen molar-refractivity contribution in [3.05, 3.63) is 36.0 Å². The second kappa shape index (κ2) is 9.25. The summed E-state index contributed by atoms with van der Waals surface area (Å²) >= 11 is 0. The number of unbranched alkanes of at least 4 members (excludes halogenated alkanes) is 1. The van der Waals surface area contributed by atoms with Gasteiger partial charge in [0.05, 0.1) is 6.10 Å². The van der Waals surface area contributed by atoms with Gasteiger partial charge in [0.15, 0.2) is 0 Å². The fourth-order valence-electron chi connectivity index (χ4n) is 2.75. The number of hydrogen-bond donors (Lipinski definition) is 2. The molecule has 134 valence electrons. The molecule has 24 heavy (non-hydrogen) atoms. The second-order valence-corrected chi connectivity index (χ2v) is 8.21. The van der Waals surface area contributed by atoms with Crippen LogP contribution in [-0.4, -0.2) is 21.9 Å². The first-order valence-electron chi connectivity index (χ1n) is 9.03. The zero-order valence-electron chi connectivity index (χ0n) is 15.9. The van der Waals surface area contributed by atoms with Crippen LogP contribution in [0, 0.1) is 17.3 Å². The van der Waals surface area contributed by atoms with Crippen LogP contribution in [0.15, 0.2) is 36.0 Å². The van der Waals surface area contributed by atoms with E-state index in [2.05, 4.69) is 50.5 Å². The molecule has 0 aromatic heterocycles. The lowest BCUT2D eigenvalue weighted by atomic mass is 9.84. The molecule has 0 spiro atoms. The van der Waals surface area contributed by atoms with Crippen molar-refractivity contribution in [2.75, 3.05) is 0 Å². The van der Waals surface area contributed by atoms with Gasteiger partial charge in [-0.05, 0) is 63.4 Å². The molecular formula is C22H34O2. The van der Waals surface area contributed by atoms with E-state index in [0.717, 1.165) is 50.5 Å². The lowest BCUT2D eigenvalue weighted by Gasteiger charge is -2.22. The van der Waals surface area contributed by atoms with Crippen LogP contribution in [0.25, 0.3) is 0 Å². The van der Waals surface area contributed by atoms with Crippen molar-refractivity contribution in [2.45, 2.75) is 84.3 Å². The average molecular weight is 331 g/mol. The monoisotopic (exact) mass is 330 g/mol. The fourth-order valence-corrected chi connectivity index (χ4v) is 2.75. The Morgan fingerprint density at radius 3 is 2.67 bits per heavy atom. The molecule has 2 N–H and O–H groups in total. The maximum Gasteiger partial charge on any atom is 0.119 e. The van der Waals surface area contributed by atoms with Gasteiger partial charge in [0.25, 0.3) is 0 Å². The van der Waals surface area contributed by atoms with Crippen LogP contribution >= 0.6 is 0 Å². The van der Waals surface area contributed by atoms with Crippen molar-refractivity contribution in [3.8, 4) is 11.8 Å². The van der Waals surface area contributed by atoms with E-state index in [9.17, 15) is 10.2 Å². The van der Waals surface area contributed by atoms with E-state index < -0.39 is 5.60 Å². The fraction of sp³-hybridized carbons (Fsp3) is 0.636. The predicted octanol–water partition coefficient (Wildman–Crippen LogP) is 4.93. The SMILES string of the molecule is C=C1CC[C@H](O)CC1=CC=CCCCC(C)(C)CC#CC(C)(C)O. The molecule has 0 saturated heterocycles. The summed E-state index contributed by atoms with van der Waals surface area (Å²) in [6, 6.07) is 0. The van der Waals surface area contributed by atoms with Crippen LogP contribution in [0.3, 0.4) is 0 Å². The Morgan fingerprint density at radius 2 is 2.00 bits per heavy atom. The third-order valence-electron chi connectivity index (χ3n) is 4.31. The topological polar surface area (TPSA) is 40.5 Å². The van der Waals surface area contributed by atoms with Gasteiger partial charge in [0.1, 0.15) is 5.60 Å². The molecule has 0 amide bonds. The minimum Gasteiger partial charge on any atom is -0.393 e. The Kier molecular flexibility index (Phi) is 8.00. The van der Waals surface area contributed by atoms with Gasteiger partial charge in [-0.25, -0.2) is 0 Å². The summed E-state index contributed by atoms with van der Waals surface area (Å²) in [5.41, 5.74) is 1.62. The molecular weight excluding hydrogens is 296 g/mol. The minimum absolute atomic E-state index is 0.173. The maximum atomic E-state index is 9.72. The molecule has 1 aliphatic rings. The Balaban J connectivity index is 2.33. The van der Waals surface area contributed by atoms with E-state index in [0.29, 0.717) is 0 Å². The van der Waals surface area contributed by atoms with Gasteiger partial charge in [-0.3, -0.25) is 0 Å². The zero-order valence-corrected chi connectivity index (χ0v) is 15.9. The number of aliphatic hydroxyl groups excluding tert-OH is 1. The smallest absolute Gasteiger partial charge is 0.119 e. The first kappa shape index (κ1) is 20.7. The van der Waals surface area contributed by atoms with Gasteiger partial charge in [0, 0.05) is 6.42 Å². The molecule has 0 aromatic carbocycles. The zero-order chi connectivity index (χ0) is 18.2. The van der Waals surface area contributed by atoms with Crippen LogP contribution in [0.4, 0.5) is 0 Å². The molecule has 1 aliphatic carbocycles. The summed E-state index contributed by atoms with van der Waals surface area (Å²) in [5.74, 6) is 6.00. The molecule has 0 aromatic rings. The molecule has 1 saturated carbocycles. The highest BCUT2D eigenvalue weighted by Gasteiger charge is 2.17. The lowest BCUT2D eigenvalue weighted by molar-refractivity contribution is 0.143. The van der Waals surface area contributed by atoms with E-state index in [-0.39, 0.29) is 11.5 Å². The van der Waals surface area contributed by atoms with Crippen LogP contribution in [-0.2, 0) is 0 Å². The summed E-state index contributed by atoms with van der Waals surface area (Å²) in [6.45, 7) is 12.0. The molecule has 0 bridgehead atoms. The molecule has 0 aliphatic heterocycles. The first-order valence-corrected chi connectivity index (χ1v) is 9.03. The predicted molar refractivity (Wildman–Crippen MR) is 103 cm³/mol. The maximum absolute atomic E-state index is 9.72. The highest BCUT2D eigenvalue weighted by Crippen LogP contribution is 2.28. The van der Waals surface area contributed by atoms with Crippen molar-refractivity contribution in [2.24, 2.45) is 5.41 Å². The van der Waals surface area contributed by atoms with Crippen LogP contribution in [0.1, 0.15) is 72.6 Å². The number of rotatable bonds is 6. The molecule has 1 atom stereocenters. The third-order valence-corrected chi connectivity index (χ3v) is 4.31. The molecule has 1 fully saturated rings. The normalized spacial score (nSPS) is 21.2. The van der Waals surface area contributed by atoms with Crippen molar-refractivity contribution >= 4 is 0 Å². The van der Waals surface area contributed by atoms with Crippen LogP contribution in [0.5, 0.6) is 0 Å². The Hall–Kier alpha value is -1.30. The van der Waals surface area contributed by atoms with Gasteiger partial charge in [0.2, 0.25) is 0 Å². The van der Waals surface area contributed by atoms with Gasteiger partial charge >= 0.3 is 0 Å². The minimum atomic E-state index is -0.900. The van der Waals surface area contributed by atoms with E-state index >= 15 is 0 Å². The van der Waals surface area contributed by atoms with E-state index in [1.807, 2.05) is 0 Å². The summed E-state index contributed by atoms with van der Waals surface area (Å²) in [4.78, 5) is 0. The Labute approximate surface area is 148 Å². The first-order chi connectivity index (χ1) is 11.1. The van der Waals surface area contributed by atoms with E-state index in [4.69, 9.17) is 0 Å². The molecule has 1 rings (SSSR count). The van der Waals surface area contributed by atoms with Gasteiger partial charge < -0.3 is 10.2 Å². The van der Waals surface area contributed by atoms with E-state index in [1.165, 1.54) is 5.57 Å². The van der Waals surface area contributed by atoms with Crippen molar-refractivity contribution in [1.29, 1.82) is 0 Å². The van der Waals surface area contributed by atoms with Crippen LogP contribution in [0.2, 0.25) is 0 Å². The third kappa shape index (κ3) is 9.11. The number of aliphatic hydroxyl groups is 2. The van der Waals surface area contributed by atoms with Gasteiger partial charge in [-0.1, -0.05) is 56.1 Å². The quantitative estimate of drug-likeness (QED) is 0.535. The van der Waals surface area contributed by atoms with Crippen molar-refractivity contribution in [3.63, 3.8) is 0 Å². The summed E-state index contributed by atoms with van der Waals surface area (Å²) in [7, 11) is 0. The standard InChI is InChI=1S/C22H34O2/c1-18-12-13-20(23)17-19(18)11-8-6-7-9-14-21(2,3)15-10-16-22(4,5)24/h6,8,11,20,23-24H,1,7,9,12-15,17H2,2-5H3/t20-/m0/s1. The Morgan fingerprint density at radius 1 is 1.29 bits per heavy atom. The summed E-state index contributed by atoms with van der Waals surface area (Å²) < 4.78 is 0. The molecule has 0 heterocycles. The molecule has 2 nitrogen and oxygen atoms in total. The van der Waals surface area contributed by atoms with E-state index in [1.54, 1.807) is 13.8 Å². The van der Waals surface area contributed by atoms with Crippen LogP contribution < -0.4 is 0 Å². The largest absolute Gasteiger partial charge is 0.393 e. The van der Waals surface area contributed by atoms with Gasteiger partial charge in [-0.15, -0.1) is 0 Å². The highest BCUT2D eigenvalue weighted by atomic mass is 16.3. The highest BCUT2D eigenvalue weighted by molar-refractivity contribution is 5.34.